The molecule has 0 saturated carbocycles. The fraction of sp³-hybridized carbons (Fsp3) is 0.294. The Balaban J connectivity index is 1.69. The lowest BCUT2D eigenvalue weighted by Gasteiger charge is -2.37. The smallest absolute Gasteiger partial charge is 0.255 e. The molecule has 4 rings (SSSR count). The zero-order chi connectivity index (χ0) is 15.3. The molecule has 5 nitrogen and oxygen atoms in total. The molecule has 0 bridgehead atoms. The quantitative estimate of drug-likeness (QED) is 0.750. The van der Waals surface area contributed by atoms with Crippen LogP contribution >= 0.6 is 0 Å². The third-order valence-electron chi connectivity index (χ3n) is 4.38. The third kappa shape index (κ3) is 1.93. The van der Waals surface area contributed by atoms with E-state index in [1.54, 1.807) is 0 Å². The molecule has 0 fully saturated rings. The van der Waals surface area contributed by atoms with Crippen LogP contribution < -0.4 is 0 Å². The van der Waals surface area contributed by atoms with Crippen LogP contribution in [-0.2, 0) is 12.0 Å². The lowest BCUT2D eigenvalue weighted by Crippen LogP contribution is -2.44. The number of aromatic nitrogens is 3. The van der Waals surface area contributed by atoms with Crippen molar-refractivity contribution < 1.29 is 4.79 Å². The summed E-state index contributed by atoms with van der Waals surface area (Å²) in [5.74, 6) is 0.0728. The molecular weight excluding hydrogens is 276 g/mol. The zero-order valence-electron chi connectivity index (χ0n) is 12.7. The van der Waals surface area contributed by atoms with Gasteiger partial charge in [0.15, 0.2) is 0 Å². The number of amides is 1. The van der Waals surface area contributed by atoms with E-state index in [2.05, 4.69) is 24.0 Å². The van der Waals surface area contributed by atoms with Crippen molar-refractivity contribution in [3.8, 4) is 0 Å². The molecule has 0 aromatic carbocycles. The average molecular weight is 294 g/mol. The van der Waals surface area contributed by atoms with Gasteiger partial charge in [-0.2, -0.15) is 5.10 Å². The Bertz CT molecular complexity index is 825. The maximum Gasteiger partial charge on any atom is 0.255 e. The van der Waals surface area contributed by atoms with Crippen molar-refractivity contribution in [2.75, 3.05) is 6.54 Å². The number of pyridine rings is 1. The predicted octanol–water partition coefficient (Wildman–Crippen LogP) is 2.60. The van der Waals surface area contributed by atoms with Crippen molar-refractivity contribution in [3.05, 3.63) is 59.7 Å². The summed E-state index contributed by atoms with van der Waals surface area (Å²) in [5, 5.41) is 7.21. The van der Waals surface area contributed by atoms with Crippen LogP contribution in [0, 0.1) is 0 Å². The molecule has 0 atom stereocenters. The van der Waals surface area contributed by atoms with Crippen molar-refractivity contribution in [1.82, 2.24) is 19.5 Å². The first-order chi connectivity index (χ1) is 10.5. The molecule has 1 N–H and O–H groups in total. The minimum Gasteiger partial charge on any atom is -0.333 e. The zero-order valence-corrected chi connectivity index (χ0v) is 12.7. The van der Waals surface area contributed by atoms with Crippen molar-refractivity contribution >= 4 is 11.4 Å². The second-order valence-electron chi connectivity index (χ2n) is 6.58. The largest absolute Gasteiger partial charge is 0.333 e. The van der Waals surface area contributed by atoms with Crippen LogP contribution in [0.1, 0.15) is 35.5 Å². The Morgan fingerprint density at radius 2 is 2.23 bits per heavy atom. The van der Waals surface area contributed by atoms with E-state index in [0.717, 1.165) is 22.3 Å². The lowest BCUT2D eigenvalue weighted by atomic mass is 9.83. The van der Waals surface area contributed by atoms with E-state index in [9.17, 15) is 4.79 Å². The van der Waals surface area contributed by atoms with Crippen LogP contribution in [0.25, 0.3) is 5.52 Å². The van der Waals surface area contributed by atoms with Crippen LogP contribution in [-0.4, -0.2) is 31.9 Å². The summed E-state index contributed by atoms with van der Waals surface area (Å²) in [7, 11) is 0. The van der Waals surface area contributed by atoms with Gasteiger partial charge in [-0.25, -0.2) is 0 Å². The van der Waals surface area contributed by atoms with Gasteiger partial charge in [-0.3, -0.25) is 9.89 Å². The van der Waals surface area contributed by atoms with E-state index in [4.69, 9.17) is 0 Å². The van der Waals surface area contributed by atoms with Crippen LogP contribution in [0.3, 0.4) is 0 Å². The molecule has 3 aromatic heterocycles. The molecule has 112 valence electrons. The summed E-state index contributed by atoms with van der Waals surface area (Å²) in [4.78, 5) is 14.8. The van der Waals surface area contributed by atoms with Crippen molar-refractivity contribution in [2.45, 2.75) is 25.8 Å². The van der Waals surface area contributed by atoms with Crippen molar-refractivity contribution in [1.29, 1.82) is 0 Å². The molecule has 0 saturated heterocycles. The lowest BCUT2D eigenvalue weighted by molar-refractivity contribution is 0.0684. The predicted molar refractivity (Wildman–Crippen MR) is 83.8 cm³/mol. The molecule has 0 radical (unpaired) electrons. The monoisotopic (exact) mass is 294 g/mol. The van der Waals surface area contributed by atoms with E-state index in [-0.39, 0.29) is 11.3 Å². The number of hydrogen-bond donors (Lipinski definition) is 1. The van der Waals surface area contributed by atoms with Crippen LogP contribution in [0.4, 0.5) is 0 Å². The minimum atomic E-state index is -0.112. The van der Waals surface area contributed by atoms with Crippen LogP contribution in [0.5, 0.6) is 0 Å². The highest BCUT2D eigenvalue weighted by molar-refractivity contribution is 5.95. The molecule has 0 aliphatic carbocycles. The summed E-state index contributed by atoms with van der Waals surface area (Å²) < 4.78 is 1.98. The number of aromatic amines is 1. The highest BCUT2D eigenvalue weighted by atomic mass is 16.2. The SMILES string of the molecule is CC1(C)CN(C(=O)c2cc3ccccn3c2)Cc2cn[nH]c21. The van der Waals surface area contributed by atoms with E-state index < -0.39 is 0 Å². The Hall–Kier alpha value is -2.56. The van der Waals surface area contributed by atoms with E-state index >= 15 is 0 Å². The van der Waals surface area contributed by atoms with E-state index in [0.29, 0.717) is 13.1 Å². The average Bonchev–Trinajstić information content (AvgIpc) is 3.12. The molecule has 0 spiro atoms. The molecule has 3 aromatic rings. The standard InChI is InChI=1S/C17H18N4O/c1-17(2)11-21(10-13-8-18-19-15(13)17)16(22)12-7-14-5-3-4-6-20(14)9-12/h3-9H,10-11H2,1-2H3,(H,18,19). The molecular formula is C17H18N4O. The van der Waals surface area contributed by atoms with E-state index in [1.807, 2.05) is 52.2 Å². The number of carbonyl (C=O) groups excluding carboxylic acids is 1. The summed E-state index contributed by atoms with van der Waals surface area (Å²) in [6.45, 7) is 5.58. The van der Waals surface area contributed by atoms with Crippen LogP contribution in [0.15, 0.2) is 42.9 Å². The number of hydrogen-bond acceptors (Lipinski definition) is 2. The van der Waals surface area contributed by atoms with Gasteiger partial charge in [0.2, 0.25) is 0 Å². The molecule has 1 amide bonds. The van der Waals surface area contributed by atoms with Gasteiger partial charge in [0.1, 0.15) is 0 Å². The molecule has 1 aliphatic rings. The number of H-pyrrole nitrogens is 1. The summed E-state index contributed by atoms with van der Waals surface area (Å²) >= 11 is 0. The third-order valence-corrected chi connectivity index (χ3v) is 4.38. The van der Waals surface area contributed by atoms with Gasteiger partial charge >= 0.3 is 0 Å². The number of nitrogens with zero attached hydrogens (tertiary/aromatic N) is 3. The van der Waals surface area contributed by atoms with Crippen molar-refractivity contribution in [2.24, 2.45) is 0 Å². The summed E-state index contributed by atoms with van der Waals surface area (Å²) in [5.41, 5.74) is 3.89. The van der Waals surface area contributed by atoms with E-state index in [1.165, 1.54) is 0 Å². The van der Waals surface area contributed by atoms with Gasteiger partial charge < -0.3 is 9.30 Å². The molecule has 4 heterocycles. The van der Waals surface area contributed by atoms with Gasteiger partial charge in [-0.1, -0.05) is 19.9 Å². The maximum absolute atomic E-state index is 12.9. The molecule has 1 aliphatic heterocycles. The van der Waals surface area contributed by atoms with Crippen molar-refractivity contribution in [3.63, 3.8) is 0 Å². The fourth-order valence-electron chi connectivity index (χ4n) is 3.33. The summed E-state index contributed by atoms with van der Waals surface area (Å²) in [6, 6.07) is 7.89. The Kier molecular flexibility index (Phi) is 2.66. The normalized spacial score (nSPS) is 16.7. The minimum absolute atomic E-state index is 0.0728. The maximum atomic E-state index is 12.9. The number of fused-ring (bicyclic) bond motifs is 2. The first kappa shape index (κ1) is 13.1. The topological polar surface area (TPSA) is 53.4 Å². The Morgan fingerprint density at radius 3 is 3.05 bits per heavy atom. The second-order valence-corrected chi connectivity index (χ2v) is 6.58. The number of rotatable bonds is 1. The first-order valence-electron chi connectivity index (χ1n) is 7.43. The fourth-order valence-corrected chi connectivity index (χ4v) is 3.33. The van der Waals surface area contributed by atoms with Gasteiger partial charge in [-0.05, 0) is 18.2 Å². The summed E-state index contributed by atoms with van der Waals surface area (Å²) in [6.07, 6.45) is 5.68. The number of carbonyl (C=O) groups is 1. The molecule has 0 unspecified atom stereocenters. The van der Waals surface area contributed by atoms with Gasteiger partial charge in [-0.15, -0.1) is 0 Å². The van der Waals surface area contributed by atoms with Crippen LogP contribution in [0.2, 0.25) is 0 Å². The number of nitrogens with one attached hydrogen (secondary N) is 1. The molecule has 22 heavy (non-hydrogen) atoms. The van der Waals surface area contributed by atoms with Gasteiger partial charge in [0.05, 0.1) is 11.8 Å². The Labute approximate surface area is 128 Å². The second kappa shape index (κ2) is 4.47. The first-order valence-corrected chi connectivity index (χ1v) is 7.43. The Morgan fingerprint density at radius 1 is 1.36 bits per heavy atom. The van der Waals surface area contributed by atoms with Gasteiger partial charge in [0.25, 0.3) is 5.91 Å². The molecule has 5 heteroatoms. The highest BCUT2D eigenvalue weighted by Gasteiger charge is 2.35. The van der Waals surface area contributed by atoms with Gasteiger partial charge in [0, 0.05) is 47.7 Å². The highest BCUT2D eigenvalue weighted by Crippen LogP contribution is 2.32.